The molecule has 0 spiro atoms. The molecule has 0 bridgehead atoms. The van der Waals surface area contributed by atoms with E-state index in [2.05, 4.69) is 4.98 Å². The third kappa shape index (κ3) is 2.76. The predicted molar refractivity (Wildman–Crippen MR) is 53.2 cm³/mol. The minimum Gasteiger partial charge on any atom is -0.300 e. The van der Waals surface area contributed by atoms with Crippen molar-refractivity contribution in [1.29, 1.82) is 0 Å². The largest absolute Gasteiger partial charge is 0.300 e. The van der Waals surface area contributed by atoms with Gasteiger partial charge in [0.25, 0.3) is 0 Å². The van der Waals surface area contributed by atoms with Crippen molar-refractivity contribution in [3.05, 3.63) is 29.6 Å². The molecule has 0 amide bonds. The summed E-state index contributed by atoms with van der Waals surface area (Å²) in [5.41, 5.74) is 1.53. The van der Waals surface area contributed by atoms with Crippen molar-refractivity contribution in [2.75, 3.05) is 0 Å². The van der Waals surface area contributed by atoms with Crippen LogP contribution in [0.3, 0.4) is 0 Å². The van der Waals surface area contributed by atoms with Crippen molar-refractivity contribution >= 4 is 11.6 Å². The maximum atomic E-state index is 11.6. The van der Waals surface area contributed by atoms with Gasteiger partial charge in [0.2, 0.25) is 0 Å². The number of hydrogen-bond donors (Lipinski definition) is 0. The molecule has 0 aliphatic carbocycles. The Morgan fingerprint density at radius 3 is 2.64 bits per heavy atom. The molecule has 0 aromatic carbocycles. The van der Waals surface area contributed by atoms with Crippen LogP contribution in [0.2, 0.25) is 0 Å². The highest BCUT2D eigenvalue weighted by Crippen LogP contribution is 2.09. The van der Waals surface area contributed by atoms with Crippen molar-refractivity contribution in [3.63, 3.8) is 0 Å². The van der Waals surface area contributed by atoms with Crippen LogP contribution in [0.25, 0.3) is 0 Å². The maximum absolute atomic E-state index is 11.6. The lowest BCUT2D eigenvalue weighted by Crippen LogP contribution is -2.04. The number of aromatic nitrogens is 1. The summed E-state index contributed by atoms with van der Waals surface area (Å²) in [6.45, 7) is 3.35. The minimum absolute atomic E-state index is 0.00852. The molecule has 0 N–H and O–H groups in total. The lowest BCUT2D eigenvalue weighted by atomic mass is 10.0. The molecule has 0 aliphatic heterocycles. The first kappa shape index (κ1) is 10.6. The number of pyridine rings is 1. The monoisotopic (exact) mass is 191 g/mol. The quantitative estimate of drug-likeness (QED) is 0.683. The molecule has 0 saturated carbocycles. The van der Waals surface area contributed by atoms with Crippen LogP contribution in [0.15, 0.2) is 18.5 Å². The summed E-state index contributed by atoms with van der Waals surface area (Å²) < 4.78 is 0. The van der Waals surface area contributed by atoms with Gasteiger partial charge in [-0.1, -0.05) is 0 Å². The normalized spacial score (nSPS) is 9.86. The Morgan fingerprint density at radius 2 is 2.07 bits per heavy atom. The molecule has 0 aliphatic rings. The van der Waals surface area contributed by atoms with E-state index in [0.29, 0.717) is 12.0 Å². The van der Waals surface area contributed by atoms with E-state index in [1.807, 2.05) is 6.92 Å². The fourth-order valence-electron chi connectivity index (χ4n) is 1.18. The molecular formula is C11H13NO2. The van der Waals surface area contributed by atoms with E-state index >= 15 is 0 Å². The van der Waals surface area contributed by atoms with Gasteiger partial charge in [-0.15, -0.1) is 0 Å². The van der Waals surface area contributed by atoms with E-state index in [0.717, 1.165) is 5.56 Å². The van der Waals surface area contributed by atoms with Crippen molar-refractivity contribution in [2.45, 2.75) is 26.7 Å². The number of hydrogen-bond acceptors (Lipinski definition) is 3. The van der Waals surface area contributed by atoms with E-state index in [9.17, 15) is 9.59 Å². The second-order valence-corrected chi connectivity index (χ2v) is 3.32. The van der Waals surface area contributed by atoms with Crippen LogP contribution in [0.5, 0.6) is 0 Å². The minimum atomic E-state index is -0.00852. The smallest absolute Gasteiger partial charge is 0.165 e. The van der Waals surface area contributed by atoms with Gasteiger partial charge in [-0.2, -0.15) is 0 Å². The van der Waals surface area contributed by atoms with Gasteiger partial charge >= 0.3 is 0 Å². The Labute approximate surface area is 83.2 Å². The SMILES string of the molecule is CC(=O)CCC(=O)c1cnccc1C. The standard InChI is InChI=1S/C11H13NO2/c1-8-5-6-12-7-10(8)11(14)4-3-9(2)13/h5-7H,3-4H2,1-2H3. The molecule has 0 unspecified atom stereocenters. The number of carbonyl (C=O) groups is 2. The zero-order chi connectivity index (χ0) is 10.6. The number of nitrogens with zero attached hydrogens (tertiary/aromatic N) is 1. The van der Waals surface area contributed by atoms with E-state index in [1.165, 1.54) is 6.92 Å². The third-order valence-corrected chi connectivity index (χ3v) is 2.04. The Kier molecular flexibility index (Phi) is 3.51. The van der Waals surface area contributed by atoms with Gasteiger partial charge in [0.1, 0.15) is 5.78 Å². The van der Waals surface area contributed by atoms with Crippen LogP contribution in [0.4, 0.5) is 0 Å². The predicted octanol–water partition coefficient (Wildman–Crippen LogP) is 1.94. The first-order chi connectivity index (χ1) is 6.61. The highest BCUT2D eigenvalue weighted by atomic mass is 16.1. The average molecular weight is 191 g/mol. The van der Waals surface area contributed by atoms with Crippen molar-refractivity contribution in [3.8, 4) is 0 Å². The zero-order valence-corrected chi connectivity index (χ0v) is 8.41. The molecule has 3 heteroatoms. The second-order valence-electron chi connectivity index (χ2n) is 3.32. The van der Waals surface area contributed by atoms with Crippen LogP contribution >= 0.6 is 0 Å². The van der Waals surface area contributed by atoms with Crippen LogP contribution < -0.4 is 0 Å². The average Bonchev–Trinajstić information content (AvgIpc) is 2.15. The topological polar surface area (TPSA) is 47.0 Å². The van der Waals surface area contributed by atoms with Crippen molar-refractivity contribution < 1.29 is 9.59 Å². The Hall–Kier alpha value is -1.51. The fourth-order valence-corrected chi connectivity index (χ4v) is 1.18. The van der Waals surface area contributed by atoms with E-state index in [-0.39, 0.29) is 18.0 Å². The molecule has 1 aromatic heterocycles. The summed E-state index contributed by atoms with van der Waals surface area (Å²) in [6.07, 6.45) is 3.80. The van der Waals surface area contributed by atoms with Crippen LogP contribution in [-0.4, -0.2) is 16.6 Å². The van der Waals surface area contributed by atoms with Gasteiger partial charge in [-0.3, -0.25) is 9.78 Å². The molecule has 3 nitrogen and oxygen atoms in total. The number of aryl methyl sites for hydroxylation is 1. The third-order valence-electron chi connectivity index (χ3n) is 2.04. The molecule has 0 fully saturated rings. The lowest BCUT2D eigenvalue weighted by molar-refractivity contribution is -0.116. The fraction of sp³-hybridized carbons (Fsp3) is 0.364. The van der Waals surface area contributed by atoms with E-state index in [1.54, 1.807) is 18.5 Å². The number of carbonyl (C=O) groups excluding carboxylic acids is 2. The number of ketones is 2. The van der Waals surface area contributed by atoms with Crippen molar-refractivity contribution in [2.24, 2.45) is 0 Å². The first-order valence-corrected chi connectivity index (χ1v) is 4.54. The maximum Gasteiger partial charge on any atom is 0.165 e. The summed E-state index contributed by atoms with van der Waals surface area (Å²) in [6, 6.07) is 1.79. The van der Waals surface area contributed by atoms with Gasteiger partial charge < -0.3 is 4.79 Å². The van der Waals surface area contributed by atoms with Gasteiger partial charge in [0.15, 0.2) is 5.78 Å². The molecule has 74 valence electrons. The van der Waals surface area contributed by atoms with Crippen molar-refractivity contribution in [1.82, 2.24) is 4.98 Å². The molecule has 0 radical (unpaired) electrons. The summed E-state index contributed by atoms with van der Waals surface area (Å²) >= 11 is 0. The summed E-state index contributed by atoms with van der Waals surface area (Å²) in [4.78, 5) is 26.2. The first-order valence-electron chi connectivity index (χ1n) is 4.54. The van der Waals surface area contributed by atoms with Gasteiger partial charge in [-0.25, -0.2) is 0 Å². The van der Waals surface area contributed by atoms with Gasteiger partial charge in [-0.05, 0) is 25.5 Å². The van der Waals surface area contributed by atoms with E-state index < -0.39 is 0 Å². The highest BCUT2D eigenvalue weighted by molar-refractivity contribution is 5.98. The molecule has 1 rings (SSSR count). The summed E-state index contributed by atoms with van der Waals surface area (Å²) in [7, 11) is 0. The molecule has 1 aromatic rings. The van der Waals surface area contributed by atoms with Gasteiger partial charge in [0.05, 0.1) is 0 Å². The summed E-state index contributed by atoms with van der Waals surface area (Å²) in [5, 5.41) is 0. The Balaban J connectivity index is 2.70. The lowest BCUT2D eigenvalue weighted by Gasteiger charge is -2.02. The van der Waals surface area contributed by atoms with Crippen LogP contribution in [0, 0.1) is 6.92 Å². The Bertz CT molecular complexity index is 358. The molecule has 14 heavy (non-hydrogen) atoms. The summed E-state index contributed by atoms with van der Waals surface area (Å²) in [5.74, 6) is 0.0330. The molecule has 0 atom stereocenters. The second kappa shape index (κ2) is 4.65. The number of rotatable bonds is 4. The molecule has 0 saturated heterocycles. The van der Waals surface area contributed by atoms with Gasteiger partial charge in [0, 0.05) is 30.8 Å². The van der Waals surface area contributed by atoms with E-state index in [4.69, 9.17) is 0 Å². The molecule has 1 heterocycles. The van der Waals surface area contributed by atoms with Crippen LogP contribution in [0.1, 0.15) is 35.7 Å². The van der Waals surface area contributed by atoms with Crippen LogP contribution in [-0.2, 0) is 4.79 Å². The highest BCUT2D eigenvalue weighted by Gasteiger charge is 2.09. The molecular weight excluding hydrogens is 178 g/mol. The number of Topliss-reactive ketones (excluding diaryl/α,β-unsaturated/α-hetero) is 2. The zero-order valence-electron chi connectivity index (χ0n) is 8.41. The Morgan fingerprint density at radius 1 is 1.36 bits per heavy atom.